The van der Waals surface area contributed by atoms with Crippen LogP contribution in [0.2, 0.25) is 10.3 Å². The lowest BCUT2D eigenvalue weighted by atomic mass is 9.96. The highest BCUT2D eigenvalue weighted by atomic mass is 35.5. The van der Waals surface area contributed by atoms with Crippen molar-refractivity contribution in [2.75, 3.05) is 23.3 Å². The Kier molecular flexibility index (Phi) is 4.98. The predicted molar refractivity (Wildman–Crippen MR) is 107 cm³/mol. The van der Waals surface area contributed by atoms with Crippen LogP contribution in [0, 0.1) is 5.92 Å². The van der Waals surface area contributed by atoms with Gasteiger partial charge in [-0.3, -0.25) is 4.79 Å². The van der Waals surface area contributed by atoms with Crippen LogP contribution in [0.4, 0.5) is 11.5 Å². The molecule has 134 valence electrons. The molecule has 3 heterocycles. The van der Waals surface area contributed by atoms with Gasteiger partial charge in [0, 0.05) is 29.7 Å². The molecule has 0 atom stereocenters. The van der Waals surface area contributed by atoms with Crippen LogP contribution in [0.3, 0.4) is 0 Å². The molecule has 1 aliphatic heterocycles. The number of halogens is 2. The molecule has 1 aliphatic rings. The lowest BCUT2D eigenvalue weighted by Crippen LogP contribution is -2.38. The molecule has 1 amide bonds. The Morgan fingerprint density at radius 3 is 2.58 bits per heavy atom. The highest BCUT2D eigenvalue weighted by Crippen LogP contribution is 2.32. The van der Waals surface area contributed by atoms with Gasteiger partial charge in [-0.1, -0.05) is 11.6 Å². The van der Waals surface area contributed by atoms with E-state index in [1.165, 1.54) is 0 Å². The zero-order valence-corrected chi connectivity index (χ0v) is 16.1. The summed E-state index contributed by atoms with van der Waals surface area (Å²) in [4.78, 5) is 23.4. The number of aromatic nitrogens is 2. The maximum Gasteiger partial charge on any atom is 0.227 e. The Bertz CT molecular complexity index is 936. The number of nitrogens with one attached hydrogen (secondary N) is 1. The van der Waals surface area contributed by atoms with Gasteiger partial charge in [-0.15, -0.1) is 11.3 Å². The first-order valence-electron chi connectivity index (χ1n) is 8.32. The number of nitrogens with zero attached hydrogens (tertiary/aromatic N) is 3. The van der Waals surface area contributed by atoms with Crippen LogP contribution >= 0.6 is 34.5 Å². The monoisotopic (exact) mass is 406 g/mol. The van der Waals surface area contributed by atoms with Crippen molar-refractivity contribution >= 4 is 62.2 Å². The molecule has 0 saturated carbocycles. The van der Waals surface area contributed by atoms with Gasteiger partial charge in [0.1, 0.15) is 0 Å². The number of anilines is 2. The summed E-state index contributed by atoms with van der Waals surface area (Å²) in [5.41, 5.74) is 1.64. The van der Waals surface area contributed by atoms with Crippen LogP contribution in [-0.4, -0.2) is 29.0 Å². The molecule has 0 bridgehead atoms. The summed E-state index contributed by atoms with van der Waals surface area (Å²) in [7, 11) is 0. The van der Waals surface area contributed by atoms with Gasteiger partial charge in [0.2, 0.25) is 11.2 Å². The number of rotatable bonds is 3. The molecular weight excluding hydrogens is 391 g/mol. The zero-order chi connectivity index (χ0) is 18.1. The molecule has 4 rings (SSSR count). The van der Waals surface area contributed by atoms with Gasteiger partial charge in [0.05, 0.1) is 10.2 Å². The number of carbonyl (C=O) groups excluding carboxylic acids is 1. The third-order valence-corrected chi connectivity index (χ3v) is 5.86. The molecule has 26 heavy (non-hydrogen) atoms. The summed E-state index contributed by atoms with van der Waals surface area (Å²) >= 11 is 13.6. The molecule has 0 radical (unpaired) electrons. The number of carbonyl (C=O) groups is 1. The van der Waals surface area contributed by atoms with E-state index in [1.54, 1.807) is 23.5 Å². The van der Waals surface area contributed by atoms with Crippen LogP contribution in [-0.2, 0) is 4.79 Å². The van der Waals surface area contributed by atoms with E-state index in [4.69, 9.17) is 23.2 Å². The lowest BCUT2D eigenvalue weighted by Gasteiger charge is -2.32. The van der Waals surface area contributed by atoms with E-state index in [-0.39, 0.29) is 17.1 Å². The van der Waals surface area contributed by atoms with Crippen LogP contribution < -0.4 is 10.2 Å². The van der Waals surface area contributed by atoms with Crippen LogP contribution in [0.5, 0.6) is 0 Å². The molecule has 5 nitrogen and oxygen atoms in total. The first kappa shape index (κ1) is 17.5. The van der Waals surface area contributed by atoms with E-state index in [1.807, 2.05) is 23.6 Å². The van der Waals surface area contributed by atoms with Crippen molar-refractivity contribution in [3.8, 4) is 0 Å². The van der Waals surface area contributed by atoms with Crippen molar-refractivity contribution in [1.82, 2.24) is 9.97 Å². The van der Waals surface area contributed by atoms with E-state index < -0.39 is 0 Å². The highest BCUT2D eigenvalue weighted by Gasteiger charge is 2.27. The Balaban J connectivity index is 1.42. The first-order valence-corrected chi connectivity index (χ1v) is 9.96. The van der Waals surface area contributed by atoms with E-state index >= 15 is 0 Å². The Hall–Kier alpha value is -1.89. The summed E-state index contributed by atoms with van der Waals surface area (Å²) in [5, 5.41) is 5.87. The minimum atomic E-state index is -0.0157. The summed E-state index contributed by atoms with van der Waals surface area (Å²) in [6.45, 7) is 1.53. The fourth-order valence-corrected chi connectivity index (χ4v) is 4.31. The average Bonchev–Trinajstić information content (AvgIpc) is 3.11. The number of fused-ring (bicyclic) bond motifs is 1. The summed E-state index contributed by atoms with van der Waals surface area (Å²) in [5.74, 6) is 0.901. The summed E-state index contributed by atoms with van der Waals surface area (Å²) < 4.78 is 1.04. The highest BCUT2D eigenvalue weighted by molar-refractivity contribution is 7.17. The van der Waals surface area contributed by atoms with Crippen LogP contribution in [0.1, 0.15) is 12.8 Å². The standard InChI is InChI=1S/C18H16Cl2N4OS/c19-12-1-3-13(4-2-12)21-17(25)11-5-8-24(9-6-11)16-15-14(7-10-26-15)22-18(20)23-16/h1-4,7,10-11H,5-6,8-9H2,(H,21,25). The molecular formula is C18H16Cl2N4OS. The van der Waals surface area contributed by atoms with Gasteiger partial charge in [-0.25, -0.2) is 4.98 Å². The topological polar surface area (TPSA) is 58.1 Å². The molecule has 1 N–H and O–H groups in total. The van der Waals surface area contributed by atoms with Gasteiger partial charge in [-0.2, -0.15) is 4.98 Å². The Labute approximate surface area is 165 Å². The van der Waals surface area contributed by atoms with Crippen molar-refractivity contribution in [3.05, 3.63) is 46.0 Å². The van der Waals surface area contributed by atoms with Gasteiger partial charge in [0.15, 0.2) is 5.82 Å². The molecule has 0 aliphatic carbocycles. The summed E-state index contributed by atoms with van der Waals surface area (Å²) in [6, 6.07) is 9.11. The quantitative estimate of drug-likeness (QED) is 0.631. The van der Waals surface area contributed by atoms with E-state index in [2.05, 4.69) is 20.2 Å². The maximum absolute atomic E-state index is 12.5. The second-order valence-electron chi connectivity index (χ2n) is 6.21. The van der Waals surface area contributed by atoms with Gasteiger partial charge in [-0.05, 0) is 60.2 Å². The first-order chi connectivity index (χ1) is 12.6. The number of amides is 1. The van der Waals surface area contributed by atoms with Crippen molar-refractivity contribution in [2.45, 2.75) is 12.8 Å². The van der Waals surface area contributed by atoms with E-state index in [9.17, 15) is 4.79 Å². The molecule has 2 aromatic heterocycles. The van der Waals surface area contributed by atoms with Gasteiger partial charge >= 0.3 is 0 Å². The van der Waals surface area contributed by atoms with Crippen LogP contribution in [0.15, 0.2) is 35.7 Å². The van der Waals surface area contributed by atoms with E-state index in [0.29, 0.717) is 5.02 Å². The van der Waals surface area contributed by atoms with Gasteiger partial charge in [0.25, 0.3) is 0 Å². The number of hydrogen-bond donors (Lipinski definition) is 1. The second kappa shape index (κ2) is 7.39. The normalized spacial score (nSPS) is 15.4. The molecule has 1 fully saturated rings. The maximum atomic E-state index is 12.5. The lowest BCUT2D eigenvalue weighted by molar-refractivity contribution is -0.120. The average molecular weight is 407 g/mol. The smallest absolute Gasteiger partial charge is 0.227 e. The van der Waals surface area contributed by atoms with E-state index in [0.717, 1.165) is 47.7 Å². The Morgan fingerprint density at radius 1 is 1.12 bits per heavy atom. The van der Waals surface area contributed by atoms with Crippen molar-refractivity contribution < 1.29 is 4.79 Å². The number of thiophene rings is 1. The predicted octanol–water partition coefficient (Wildman–Crippen LogP) is 4.85. The third kappa shape index (κ3) is 3.63. The minimum absolute atomic E-state index is 0.0157. The van der Waals surface area contributed by atoms with Crippen LogP contribution in [0.25, 0.3) is 10.2 Å². The molecule has 1 saturated heterocycles. The molecule has 1 aromatic carbocycles. The zero-order valence-electron chi connectivity index (χ0n) is 13.8. The van der Waals surface area contributed by atoms with Crippen molar-refractivity contribution in [2.24, 2.45) is 5.92 Å². The molecule has 0 spiro atoms. The largest absolute Gasteiger partial charge is 0.355 e. The fourth-order valence-electron chi connectivity index (χ4n) is 3.17. The SMILES string of the molecule is O=C(Nc1ccc(Cl)cc1)C1CCN(c2nc(Cl)nc3ccsc23)CC1. The van der Waals surface area contributed by atoms with Gasteiger partial charge < -0.3 is 10.2 Å². The molecule has 0 unspecified atom stereocenters. The molecule has 8 heteroatoms. The van der Waals surface area contributed by atoms with Crippen molar-refractivity contribution in [1.29, 1.82) is 0 Å². The number of piperidine rings is 1. The Morgan fingerprint density at radius 2 is 1.85 bits per heavy atom. The molecule has 3 aromatic rings. The second-order valence-corrected chi connectivity index (χ2v) is 7.90. The number of benzene rings is 1. The van der Waals surface area contributed by atoms with Crippen molar-refractivity contribution in [3.63, 3.8) is 0 Å². The minimum Gasteiger partial charge on any atom is -0.355 e. The third-order valence-electron chi connectivity index (χ3n) is 4.54. The number of hydrogen-bond acceptors (Lipinski definition) is 5. The fraction of sp³-hybridized carbons (Fsp3) is 0.278. The summed E-state index contributed by atoms with van der Waals surface area (Å²) in [6.07, 6.45) is 1.54.